The highest BCUT2D eigenvalue weighted by atomic mass is 32.1. The van der Waals surface area contributed by atoms with Crippen LogP contribution < -0.4 is 10.6 Å². The SMILES string of the molecule is O=C(CCNC(=O)c1cccs1)Nc1ccnn1C1CCCC1. The summed E-state index contributed by atoms with van der Waals surface area (Å²) in [4.78, 5) is 24.5. The third-order valence-electron chi connectivity index (χ3n) is 3.99. The molecule has 1 fully saturated rings. The maximum absolute atomic E-state index is 12.0. The van der Waals surface area contributed by atoms with Gasteiger partial charge in [-0.3, -0.25) is 9.59 Å². The molecule has 2 aromatic rings. The van der Waals surface area contributed by atoms with Crippen LogP contribution in [0.1, 0.15) is 47.8 Å². The number of amides is 2. The summed E-state index contributed by atoms with van der Waals surface area (Å²) in [5, 5.41) is 11.8. The number of nitrogens with zero attached hydrogens (tertiary/aromatic N) is 2. The number of rotatable bonds is 6. The van der Waals surface area contributed by atoms with Crippen molar-refractivity contribution >= 4 is 29.0 Å². The third kappa shape index (κ3) is 3.98. The fourth-order valence-corrected chi connectivity index (χ4v) is 3.48. The second-order valence-corrected chi connectivity index (χ2v) is 6.58. The fraction of sp³-hybridized carbons (Fsp3) is 0.438. The lowest BCUT2D eigenvalue weighted by molar-refractivity contribution is -0.116. The van der Waals surface area contributed by atoms with Gasteiger partial charge < -0.3 is 10.6 Å². The van der Waals surface area contributed by atoms with E-state index in [9.17, 15) is 9.59 Å². The van der Waals surface area contributed by atoms with Crippen molar-refractivity contribution in [1.82, 2.24) is 15.1 Å². The molecule has 23 heavy (non-hydrogen) atoms. The molecular weight excluding hydrogens is 312 g/mol. The van der Waals surface area contributed by atoms with Crippen molar-refractivity contribution in [2.75, 3.05) is 11.9 Å². The second-order valence-electron chi connectivity index (χ2n) is 5.63. The molecule has 6 nitrogen and oxygen atoms in total. The highest BCUT2D eigenvalue weighted by molar-refractivity contribution is 7.12. The molecule has 2 amide bonds. The van der Waals surface area contributed by atoms with Gasteiger partial charge >= 0.3 is 0 Å². The van der Waals surface area contributed by atoms with Gasteiger partial charge in [-0.2, -0.15) is 5.10 Å². The van der Waals surface area contributed by atoms with E-state index in [2.05, 4.69) is 15.7 Å². The summed E-state index contributed by atoms with van der Waals surface area (Å²) < 4.78 is 1.91. The number of hydrogen-bond acceptors (Lipinski definition) is 4. The van der Waals surface area contributed by atoms with Crippen molar-refractivity contribution in [3.05, 3.63) is 34.7 Å². The molecule has 0 spiro atoms. The smallest absolute Gasteiger partial charge is 0.261 e. The van der Waals surface area contributed by atoms with E-state index in [1.165, 1.54) is 24.2 Å². The molecule has 0 unspecified atom stereocenters. The topological polar surface area (TPSA) is 76.0 Å². The number of nitrogens with one attached hydrogen (secondary N) is 2. The highest BCUT2D eigenvalue weighted by Crippen LogP contribution is 2.31. The summed E-state index contributed by atoms with van der Waals surface area (Å²) in [5.74, 6) is 0.492. The lowest BCUT2D eigenvalue weighted by atomic mass is 10.2. The maximum atomic E-state index is 12.0. The summed E-state index contributed by atoms with van der Waals surface area (Å²) in [6.07, 6.45) is 6.61. The van der Waals surface area contributed by atoms with E-state index < -0.39 is 0 Å². The number of carbonyl (C=O) groups excluding carboxylic acids is 2. The Bertz CT molecular complexity index is 659. The molecule has 0 saturated heterocycles. The van der Waals surface area contributed by atoms with Crippen LogP contribution in [-0.2, 0) is 4.79 Å². The lowest BCUT2D eigenvalue weighted by Crippen LogP contribution is -2.27. The molecule has 0 aromatic carbocycles. The van der Waals surface area contributed by atoms with E-state index >= 15 is 0 Å². The molecule has 0 radical (unpaired) electrons. The van der Waals surface area contributed by atoms with E-state index in [1.807, 2.05) is 22.2 Å². The average molecular weight is 332 g/mol. The molecule has 1 aliphatic carbocycles. The summed E-state index contributed by atoms with van der Waals surface area (Å²) in [6.45, 7) is 0.320. The Balaban J connectivity index is 1.46. The third-order valence-corrected chi connectivity index (χ3v) is 4.86. The Kier molecular flexibility index (Phi) is 5.07. The first-order chi connectivity index (χ1) is 11.2. The maximum Gasteiger partial charge on any atom is 0.261 e. The number of carbonyl (C=O) groups is 2. The fourth-order valence-electron chi connectivity index (χ4n) is 2.84. The Hall–Kier alpha value is -2.15. The Labute approximate surface area is 138 Å². The minimum Gasteiger partial charge on any atom is -0.351 e. The van der Waals surface area contributed by atoms with Gasteiger partial charge in [0.05, 0.1) is 17.1 Å². The molecule has 7 heteroatoms. The van der Waals surface area contributed by atoms with Crippen molar-refractivity contribution in [2.45, 2.75) is 38.1 Å². The van der Waals surface area contributed by atoms with Crippen LogP contribution >= 0.6 is 11.3 Å². The minimum absolute atomic E-state index is 0.115. The van der Waals surface area contributed by atoms with Crippen LogP contribution in [0.25, 0.3) is 0 Å². The van der Waals surface area contributed by atoms with Crippen molar-refractivity contribution < 1.29 is 9.59 Å². The van der Waals surface area contributed by atoms with Crippen LogP contribution in [-0.4, -0.2) is 28.1 Å². The van der Waals surface area contributed by atoms with Gasteiger partial charge in [-0.15, -0.1) is 11.3 Å². The molecule has 1 saturated carbocycles. The van der Waals surface area contributed by atoms with Crippen LogP contribution in [0.3, 0.4) is 0 Å². The van der Waals surface area contributed by atoms with Crippen molar-refractivity contribution in [2.24, 2.45) is 0 Å². The summed E-state index contributed by atoms with van der Waals surface area (Å²) >= 11 is 1.39. The van der Waals surface area contributed by atoms with E-state index in [0.29, 0.717) is 17.5 Å². The molecule has 0 aliphatic heterocycles. The molecule has 2 N–H and O–H groups in total. The zero-order valence-corrected chi connectivity index (χ0v) is 13.6. The van der Waals surface area contributed by atoms with Crippen LogP contribution in [0.4, 0.5) is 5.82 Å². The first kappa shape index (κ1) is 15.7. The molecule has 122 valence electrons. The van der Waals surface area contributed by atoms with Gasteiger partial charge in [0.15, 0.2) is 0 Å². The molecule has 0 bridgehead atoms. The van der Waals surface area contributed by atoms with E-state index in [-0.39, 0.29) is 18.2 Å². The Morgan fingerprint density at radius 1 is 1.30 bits per heavy atom. The van der Waals surface area contributed by atoms with Gasteiger partial charge in [-0.1, -0.05) is 18.9 Å². The zero-order chi connectivity index (χ0) is 16.1. The molecule has 3 rings (SSSR count). The Morgan fingerprint density at radius 2 is 2.13 bits per heavy atom. The molecule has 1 aliphatic rings. The predicted molar refractivity (Wildman–Crippen MR) is 89.6 cm³/mol. The normalized spacial score (nSPS) is 14.8. The zero-order valence-electron chi connectivity index (χ0n) is 12.8. The van der Waals surface area contributed by atoms with Gasteiger partial charge in [0, 0.05) is 19.0 Å². The van der Waals surface area contributed by atoms with Gasteiger partial charge in [0.2, 0.25) is 5.91 Å². The second kappa shape index (κ2) is 7.41. The monoisotopic (exact) mass is 332 g/mol. The predicted octanol–water partition coefficient (Wildman–Crippen LogP) is 2.82. The Morgan fingerprint density at radius 3 is 2.87 bits per heavy atom. The number of thiophene rings is 1. The highest BCUT2D eigenvalue weighted by Gasteiger charge is 2.20. The van der Waals surface area contributed by atoms with E-state index in [0.717, 1.165) is 18.7 Å². The summed E-state index contributed by atoms with van der Waals surface area (Å²) in [5.41, 5.74) is 0. The number of anilines is 1. The standard InChI is InChI=1S/C16H20N4O2S/c21-15(8-9-17-16(22)13-6-3-11-23-13)19-14-7-10-18-20(14)12-4-1-2-5-12/h3,6-7,10-12H,1-2,4-5,8-9H2,(H,17,22)(H,19,21). The average Bonchev–Trinajstić information content (AvgIpc) is 3.29. The molecular formula is C16H20N4O2S. The van der Waals surface area contributed by atoms with Gasteiger partial charge in [0.25, 0.3) is 5.91 Å². The van der Waals surface area contributed by atoms with Crippen LogP contribution in [0.15, 0.2) is 29.8 Å². The largest absolute Gasteiger partial charge is 0.351 e. The van der Waals surface area contributed by atoms with Crippen molar-refractivity contribution in [1.29, 1.82) is 0 Å². The van der Waals surface area contributed by atoms with Crippen molar-refractivity contribution in [3.8, 4) is 0 Å². The summed E-state index contributed by atoms with van der Waals surface area (Å²) in [7, 11) is 0. The molecule has 0 atom stereocenters. The van der Waals surface area contributed by atoms with Gasteiger partial charge in [-0.25, -0.2) is 4.68 Å². The van der Waals surface area contributed by atoms with Crippen molar-refractivity contribution in [3.63, 3.8) is 0 Å². The van der Waals surface area contributed by atoms with Gasteiger partial charge in [-0.05, 0) is 24.3 Å². The number of hydrogen-bond donors (Lipinski definition) is 2. The quantitative estimate of drug-likeness (QED) is 0.854. The first-order valence-electron chi connectivity index (χ1n) is 7.89. The van der Waals surface area contributed by atoms with Crippen LogP contribution in [0.5, 0.6) is 0 Å². The van der Waals surface area contributed by atoms with E-state index in [4.69, 9.17) is 0 Å². The van der Waals surface area contributed by atoms with Crippen LogP contribution in [0.2, 0.25) is 0 Å². The van der Waals surface area contributed by atoms with Gasteiger partial charge in [0.1, 0.15) is 5.82 Å². The lowest BCUT2D eigenvalue weighted by Gasteiger charge is -2.14. The minimum atomic E-state index is -0.135. The van der Waals surface area contributed by atoms with E-state index in [1.54, 1.807) is 12.3 Å². The number of aromatic nitrogens is 2. The first-order valence-corrected chi connectivity index (χ1v) is 8.77. The van der Waals surface area contributed by atoms with Crippen LogP contribution in [0, 0.1) is 0 Å². The molecule has 2 aromatic heterocycles. The molecule has 2 heterocycles. The summed E-state index contributed by atoms with van der Waals surface area (Å²) in [6, 6.07) is 5.80.